The van der Waals surface area contributed by atoms with Gasteiger partial charge in [-0.3, -0.25) is 4.79 Å². The van der Waals surface area contributed by atoms with Gasteiger partial charge in [0.1, 0.15) is 5.82 Å². The van der Waals surface area contributed by atoms with E-state index >= 15 is 0 Å². The zero-order chi connectivity index (χ0) is 21.8. The first-order valence-electron chi connectivity index (χ1n) is 9.36. The van der Waals surface area contributed by atoms with E-state index in [9.17, 15) is 9.18 Å². The Labute approximate surface area is 174 Å². The lowest BCUT2D eigenvalue weighted by molar-refractivity contribution is 0.0996. The molecule has 0 radical (unpaired) electrons. The molecule has 0 aliphatic carbocycles. The molecule has 0 saturated carbocycles. The highest BCUT2D eigenvalue weighted by Crippen LogP contribution is 2.30. The Morgan fingerprint density at radius 1 is 1.17 bits per heavy atom. The fourth-order valence-corrected chi connectivity index (χ4v) is 3.12. The predicted octanol–water partition coefficient (Wildman–Crippen LogP) is 5.49. The molecule has 3 rings (SSSR count). The van der Waals surface area contributed by atoms with E-state index in [4.69, 9.17) is 10.3 Å². The Balaban J connectivity index is 1.95. The van der Waals surface area contributed by atoms with Gasteiger partial charge in [0.2, 0.25) is 5.82 Å². The van der Waals surface area contributed by atoms with Crippen molar-refractivity contribution in [1.29, 1.82) is 0 Å². The highest BCUT2D eigenvalue weighted by molar-refractivity contribution is 5.93. The first-order valence-corrected chi connectivity index (χ1v) is 9.36. The first kappa shape index (κ1) is 20.9. The molecule has 0 aliphatic heterocycles. The third-order valence-corrected chi connectivity index (χ3v) is 4.82. The normalized spacial score (nSPS) is 12.1. The van der Waals surface area contributed by atoms with Gasteiger partial charge >= 0.3 is 0 Å². The van der Waals surface area contributed by atoms with E-state index in [1.165, 1.54) is 12.1 Å². The Morgan fingerprint density at radius 3 is 2.47 bits per heavy atom. The van der Waals surface area contributed by atoms with Crippen LogP contribution in [0.5, 0.6) is 0 Å². The quantitative estimate of drug-likeness (QED) is 0.552. The van der Waals surface area contributed by atoms with Crippen LogP contribution >= 0.6 is 0 Å². The molecule has 1 heterocycles. The van der Waals surface area contributed by atoms with Gasteiger partial charge in [-0.25, -0.2) is 4.39 Å². The van der Waals surface area contributed by atoms with Crippen LogP contribution in [0.4, 0.5) is 4.39 Å². The zero-order valence-corrected chi connectivity index (χ0v) is 17.1. The van der Waals surface area contributed by atoms with Crippen LogP contribution in [-0.2, 0) is 0 Å². The van der Waals surface area contributed by atoms with Crippen LogP contribution in [0.2, 0.25) is 0 Å². The number of amides is 1. The molecule has 1 aromatic heterocycles. The lowest BCUT2D eigenvalue weighted by atomic mass is 9.93. The minimum atomic E-state index is -0.832. The van der Waals surface area contributed by atoms with Crippen molar-refractivity contribution < 1.29 is 13.7 Å². The molecule has 0 unspecified atom stereocenters. The van der Waals surface area contributed by atoms with Crippen molar-refractivity contribution in [1.82, 2.24) is 10.1 Å². The number of hydrogen-bond donors (Lipinski definition) is 1. The van der Waals surface area contributed by atoms with Gasteiger partial charge in [-0.15, -0.1) is 0 Å². The highest BCUT2D eigenvalue weighted by atomic mass is 19.1. The van der Waals surface area contributed by atoms with Gasteiger partial charge in [-0.2, -0.15) is 4.98 Å². The summed E-state index contributed by atoms with van der Waals surface area (Å²) in [6.45, 7) is 9.85. The summed E-state index contributed by atoms with van der Waals surface area (Å²) in [6.07, 6.45) is 5.80. The van der Waals surface area contributed by atoms with Gasteiger partial charge in [0.15, 0.2) is 0 Å². The molecule has 0 saturated heterocycles. The number of aryl methyl sites for hydroxylation is 1. The zero-order valence-electron chi connectivity index (χ0n) is 17.1. The molecule has 30 heavy (non-hydrogen) atoms. The van der Waals surface area contributed by atoms with Crippen LogP contribution in [0.1, 0.15) is 35.3 Å². The van der Waals surface area contributed by atoms with Crippen LogP contribution in [0.25, 0.3) is 28.4 Å². The van der Waals surface area contributed by atoms with Crippen molar-refractivity contribution in [3.8, 4) is 22.8 Å². The molecule has 0 fully saturated rings. The number of halogens is 1. The number of hydrogen-bond acceptors (Lipinski definition) is 4. The molecule has 5 nitrogen and oxygen atoms in total. The number of aromatic nitrogens is 2. The second-order valence-electron chi connectivity index (χ2n) is 6.80. The Kier molecular flexibility index (Phi) is 6.06. The van der Waals surface area contributed by atoms with Crippen molar-refractivity contribution in [3.63, 3.8) is 0 Å². The van der Waals surface area contributed by atoms with Crippen molar-refractivity contribution >= 4 is 11.5 Å². The molecule has 2 aromatic carbocycles. The number of allylic oxidation sites excluding steroid dienone is 5. The van der Waals surface area contributed by atoms with Gasteiger partial charge in [0, 0.05) is 11.1 Å². The van der Waals surface area contributed by atoms with Gasteiger partial charge < -0.3 is 10.3 Å². The number of rotatable bonds is 6. The van der Waals surface area contributed by atoms with Crippen LogP contribution in [0, 0.1) is 12.7 Å². The fourth-order valence-electron chi connectivity index (χ4n) is 3.12. The predicted molar refractivity (Wildman–Crippen MR) is 116 cm³/mol. The van der Waals surface area contributed by atoms with E-state index in [1.54, 1.807) is 6.08 Å². The van der Waals surface area contributed by atoms with E-state index < -0.39 is 11.7 Å². The van der Waals surface area contributed by atoms with Crippen molar-refractivity contribution in [2.45, 2.75) is 20.8 Å². The van der Waals surface area contributed by atoms with Crippen molar-refractivity contribution in [2.24, 2.45) is 5.73 Å². The number of carbonyl (C=O) groups excluding carboxylic acids is 1. The molecule has 3 aromatic rings. The number of carbonyl (C=O) groups is 1. The van der Waals surface area contributed by atoms with Crippen molar-refractivity contribution in [3.05, 3.63) is 89.3 Å². The Morgan fingerprint density at radius 2 is 1.87 bits per heavy atom. The van der Waals surface area contributed by atoms with Gasteiger partial charge in [0.05, 0.1) is 5.56 Å². The van der Waals surface area contributed by atoms with Gasteiger partial charge in [0.25, 0.3) is 11.8 Å². The van der Waals surface area contributed by atoms with Crippen molar-refractivity contribution in [2.75, 3.05) is 0 Å². The second-order valence-corrected chi connectivity index (χ2v) is 6.80. The molecule has 0 aliphatic rings. The Bertz CT molecular complexity index is 1190. The average molecular weight is 403 g/mol. The summed E-state index contributed by atoms with van der Waals surface area (Å²) in [5.41, 5.74) is 10.4. The number of primary amides is 1. The minimum Gasteiger partial charge on any atom is -0.366 e. The molecule has 6 heteroatoms. The second kappa shape index (κ2) is 8.69. The molecular weight excluding hydrogens is 381 g/mol. The molecule has 2 N–H and O–H groups in total. The van der Waals surface area contributed by atoms with E-state index in [0.29, 0.717) is 11.5 Å². The maximum Gasteiger partial charge on any atom is 0.258 e. The largest absolute Gasteiger partial charge is 0.366 e. The number of nitrogens with zero attached hydrogens (tertiary/aromatic N) is 2. The minimum absolute atomic E-state index is 0.187. The monoisotopic (exact) mass is 403 g/mol. The summed E-state index contributed by atoms with van der Waals surface area (Å²) in [7, 11) is 0. The maximum atomic E-state index is 14.0. The summed E-state index contributed by atoms with van der Waals surface area (Å²) in [5, 5.41) is 3.93. The lowest BCUT2D eigenvalue weighted by Crippen LogP contribution is -2.12. The molecule has 0 spiro atoms. The van der Waals surface area contributed by atoms with Crippen LogP contribution in [0.15, 0.2) is 71.3 Å². The molecule has 1 amide bonds. The lowest BCUT2D eigenvalue weighted by Gasteiger charge is -2.12. The van der Waals surface area contributed by atoms with Gasteiger partial charge in [-0.05, 0) is 67.3 Å². The van der Waals surface area contributed by atoms with Crippen LogP contribution in [-0.4, -0.2) is 16.0 Å². The molecule has 152 valence electrons. The summed E-state index contributed by atoms with van der Waals surface area (Å²) >= 11 is 0. The first-order chi connectivity index (χ1) is 14.3. The van der Waals surface area contributed by atoms with E-state index in [-0.39, 0.29) is 11.4 Å². The molecule has 0 bridgehead atoms. The average Bonchev–Trinajstić information content (AvgIpc) is 3.21. The number of nitrogens with two attached hydrogens (primary N) is 1. The standard InChI is InChI=1S/C24H22FN3O2/c1-5-7-18(14(3)6-2)19-10-9-17(12-15(19)4)24-27-23(28-30-24)16-8-11-20(22(26)29)21(25)13-16/h5-13H,1H2,2-4H3,(H2,26,29)/b14-6-,18-7+. The molecular formula is C24H22FN3O2. The van der Waals surface area contributed by atoms with E-state index in [1.807, 2.05) is 38.1 Å². The highest BCUT2D eigenvalue weighted by Gasteiger charge is 2.16. The fraction of sp³-hybridized carbons (Fsp3) is 0.125. The summed E-state index contributed by atoms with van der Waals surface area (Å²) in [4.78, 5) is 15.6. The Hall–Kier alpha value is -3.80. The smallest absolute Gasteiger partial charge is 0.258 e. The molecule has 0 atom stereocenters. The summed E-state index contributed by atoms with van der Waals surface area (Å²) in [5.74, 6) is -1.02. The van der Waals surface area contributed by atoms with Crippen LogP contribution in [0.3, 0.4) is 0 Å². The summed E-state index contributed by atoms with van der Waals surface area (Å²) in [6, 6.07) is 9.85. The SMILES string of the molecule is C=C/C=C(\C(C)=C/C)c1ccc(-c2nc(-c3ccc(C(N)=O)c(F)c3)no2)cc1C. The maximum absolute atomic E-state index is 14.0. The summed E-state index contributed by atoms with van der Waals surface area (Å²) < 4.78 is 19.4. The topological polar surface area (TPSA) is 82.0 Å². The third kappa shape index (κ3) is 4.12. The third-order valence-electron chi connectivity index (χ3n) is 4.82. The number of benzene rings is 2. The van der Waals surface area contributed by atoms with Gasteiger partial charge in [-0.1, -0.05) is 42.1 Å². The van der Waals surface area contributed by atoms with E-state index in [0.717, 1.165) is 33.9 Å². The van der Waals surface area contributed by atoms with Crippen LogP contribution < -0.4 is 5.73 Å². The van der Waals surface area contributed by atoms with E-state index in [2.05, 4.69) is 29.7 Å².